The Hall–Kier alpha value is -2.79. The van der Waals surface area contributed by atoms with Gasteiger partial charge in [0, 0.05) is 38.6 Å². The van der Waals surface area contributed by atoms with E-state index in [-0.39, 0.29) is 18.6 Å². The van der Waals surface area contributed by atoms with Crippen LogP contribution in [0, 0.1) is 11.3 Å². The number of rotatable bonds is 4. The number of amides is 2. The SMILES string of the molecule is CC(C)(C)OC(=O)N1CC(Oc2ccc(C#N)cc2)CC1C(=O)N1CCN(C2CCCC2)CC1. The Bertz CT molecular complexity index is 906. The monoisotopic (exact) mass is 468 g/mol. The van der Waals surface area contributed by atoms with Crippen LogP contribution < -0.4 is 4.74 Å². The highest BCUT2D eigenvalue weighted by molar-refractivity contribution is 5.86. The summed E-state index contributed by atoms with van der Waals surface area (Å²) in [5.41, 5.74) is -0.0946. The van der Waals surface area contributed by atoms with Crippen LogP contribution in [0.2, 0.25) is 0 Å². The zero-order valence-corrected chi connectivity index (χ0v) is 20.5. The number of carbonyl (C=O) groups excluding carboxylic acids is 2. The van der Waals surface area contributed by atoms with E-state index in [9.17, 15) is 9.59 Å². The number of nitrogens with zero attached hydrogens (tertiary/aromatic N) is 4. The van der Waals surface area contributed by atoms with Crippen LogP contribution in [0.25, 0.3) is 0 Å². The third-order valence-corrected chi connectivity index (χ3v) is 6.93. The fraction of sp³-hybridized carbons (Fsp3) is 0.654. The lowest BCUT2D eigenvalue weighted by Gasteiger charge is -2.39. The van der Waals surface area contributed by atoms with Crippen LogP contribution in [-0.2, 0) is 9.53 Å². The molecule has 1 aromatic rings. The van der Waals surface area contributed by atoms with E-state index in [4.69, 9.17) is 14.7 Å². The van der Waals surface area contributed by atoms with Gasteiger partial charge >= 0.3 is 6.09 Å². The normalized spacial score (nSPS) is 24.2. The van der Waals surface area contributed by atoms with Gasteiger partial charge in [-0.25, -0.2) is 4.79 Å². The molecule has 0 N–H and O–H groups in total. The van der Waals surface area contributed by atoms with E-state index in [0.29, 0.717) is 36.9 Å². The third kappa shape index (κ3) is 5.82. The average Bonchev–Trinajstić information content (AvgIpc) is 3.49. The number of nitriles is 1. The molecule has 8 heteroatoms. The van der Waals surface area contributed by atoms with Gasteiger partial charge in [-0.15, -0.1) is 0 Å². The Morgan fingerprint density at radius 3 is 2.26 bits per heavy atom. The lowest BCUT2D eigenvalue weighted by Crippen LogP contribution is -2.56. The second kappa shape index (κ2) is 10.2. The number of carbonyl (C=O) groups is 2. The molecule has 0 spiro atoms. The lowest BCUT2D eigenvalue weighted by atomic mass is 10.1. The number of hydrogen-bond acceptors (Lipinski definition) is 6. The van der Waals surface area contributed by atoms with E-state index in [1.54, 1.807) is 24.3 Å². The molecule has 2 heterocycles. The first-order valence-corrected chi connectivity index (χ1v) is 12.4. The number of piperazine rings is 1. The van der Waals surface area contributed by atoms with Gasteiger partial charge in [0.25, 0.3) is 0 Å². The Balaban J connectivity index is 1.42. The Labute approximate surface area is 202 Å². The van der Waals surface area contributed by atoms with Crippen LogP contribution in [0.15, 0.2) is 24.3 Å². The molecule has 1 aliphatic carbocycles. The summed E-state index contributed by atoms with van der Waals surface area (Å²) in [5, 5.41) is 9.00. The Morgan fingerprint density at radius 2 is 1.68 bits per heavy atom. The predicted octanol–water partition coefficient (Wildman–Crippen LogP) is 3.40. The van der Waals surface area contributed by atoms with E-state index >= 15 is 0 Å². The largest absolute Gasteiger partial charge is 0.488 e. The zero-order chi connectivity index (χ0) is 24.3. The van der Waals surface area contributed by atoms with Crippen LogP contribution in [0.1, 0.15) is 58.4 Å². The van der Waals surface area contributed by atoms with Gasteiger partial charge in [-0.1, -0.05) is 12.8 Å². The standard InChI is InChI=1S/C26H36N4O4/c1-26(2,3)34-25(32)30-18-22(33-21-10-8-19(17-27)9-11-21)16-23(30)24(31)29-14-12-28(13-15-29)20-6-4-5-7-20/h8-11,20,22-23H,4-7,12-16,18H2,1-3H3. The fourth-order valence-electron chi connectivity index (χ4n) is 5.23. The first-order valence-electron chi connectivity index (χ1n) is 12.4. The van der Waals surface area contributed by atoms with Crippen molar-refractivity contribution in [1.29, 1.82) is 5.26 Å². The summed E-state index contributed by atoms with van der Waals surface area (Å²) in [5.74, 6) is 0.592. The average molecular weight is 469 g/mol. The van der Waals surface area contributed by atoms with Gasteiger partial charge in [0.05, 0.1) is 18.2 Å². The number of benzene rings is 1. The fourth-order valence-corrected chi connectivity index (χ4v) is 5.23. The molecule has 0 aromatic heterocycles. The molecule has 3 aliphatic rings. The van der Waals surface area contributed by atoms with Crippen LogP contribution in [0.5, 0.6) is 5.75 Å². The number of ether oxygens (including phenoxy) is 2. The van der Waals surface area contributed by atoms with Crippen molar-refractivity contribution < 1.29 is 19.1 Å². The quantitative estimate of drug-likeness (QED) is 0.673. The molecule has 1 saturated carbocycles. The van der Waals surface area contributed by atoms with Crippen molar-refractivity contribution in [1.82, 2.24) is 14.7 Å². The summed E-state index contributed by atoms with van der Waals surface area (Å²) in [7, 11) is 0. The summed E-state index contributed by atoms with van der Waals surface area (Å²) in [6, 6.07) is 9.03. The molecule has 4 rings (SSSR count). The van der Waals surface area contributed by atoms with Crippen LogP contribution >= 0.6 is 0 Å². The summed E-state index contributed by atoms with van der Waals surface area (Å²) >= 11 is 0. The minimum absolute atomic E-state index is 0.0251. The van der Waals surface area contributed by atoms with Gasteiger partial charge in [0.2, 0.25) is 5.91 Å². The highest BCUT2D eigenvalue weighted by atomic mass is 16.6. The van der Waals surface area contributed by atoms with Gasteiger partial charge in [-0.2, -0.15) is 5.26 Å². The van der Waals surface area contributed by atoms with Gasteiger partial charge < -0.3 is 14.4 Å². The van der Waals surface area contributed by atoms with Crippen LogP contribution in [0.3, 0.4) is 0 Å². The minimum atomic E-state index is -0.649. The van der Waals surface area contributed by atoms with Crippen molar-refractivity contribution >= 4 is 12.0 Å². The van der Waals surface area contributed by atoms with Crippen LogP contribution in [0.4, 0.5) is 4.79 Å². The first kappa shape index (κ1) is 24.3. The lowest BCUT2D eigenvalue weighted by molar-refractivity contribution is -0.138. The molecule has 34 heavy (non-hydrogen) atoms. The minimum Gasteiger partial charge on any atom is -0.488 e. The summed E-state index contributed by atoms with van der Waals surface area (Å²) in [6.07, 6.45) is 4.74. The van der Waals surface area contributed by atoms with Crippen molar-refractivity contribution in [2.45, 2.75) is 76.7 Å². The Morgan fingerprint density at radius 1 is 1.03 bits per heavy atom. The molecule has 0 bridgehead atoms. The first-order chi connectivity index (χ1) is 16.2. The second-order valence-electron chi connectivity index (χ2n) is 10.6. The second-order valence-corrected chi connectivity index (χ2v) is 10.6. The molecule has 8 nitrogen and oxygen atoms in total. The molecule has 1 aromatic carbocycles. The van der Waals surface area contributed by atoms with Gasteiger partial charge in [0.15, 0.2) is 0 Å². The maximum Gasteiger partial charge on any atom is 0.411 e. The van der Waals surface area contributed by atoms with E-state index in [1.165, 1.54) is 30.6 Å². The van der Waals surface area contributed by atoms with Crippen molar-refractivity contribution in [2.24, 2.45) is 0 Å². The molecule has 184 valence electrons. The Kier molecular flexibility index (Phi) is 7.32. The smallest absolute Gasteiger partial charge is 0.411 e. The van der Waals surface area contributed by atoms with Gasteiger partial charge in [0.1, 0.15) is 23.5 Å². The van der Waals surface area contributed by atoms with Crippen molar-refractivity contribution in [3.8, 4) is 11.8 Å². The highest BCUT2D eigenvalue weighted by Gasteiger charge is 2.44. The maximum atomic E-state index is 13.6. The molecule has 3 fully saturated rings. The maximum absolute atomic E-state index is 13.6. The highest BCUT2D eigenvalue weighted by Crippen LogP contribution is 2.28. The van der Waals surface area contributed by atoms with Gasteiger partial charge in [-0.3, -0.25) is 14.6 Å². The zero-order valence-electron chi connectivity index (χ0n) is 20.5. The topological polar surface area (TPSA) is 86.1 Å². The van der Waals surface area contributed by atoms with E-state index < -0.39 is 17.7 Å². The molecule has 2 amide bonds. The van der Waals surface area contributed by atoms with Crippen molar-refractivity contribution in [3.63, 3.8) is 0 Å². The molecule has 2 aliphatic heterocycles. The molecule has 0 radical (unpaired) electrons. The number of likely N-dealkylation sites (tertiary alicyclic amines) is 1. The molecule has 2 atom stereocenters. The molecular formula is C26H36N4O4. The molecule has 2 saturated heterocycles. The number of hydrogen-bond donors (Lipinski definition) is 0. The van der Waals surface area contributed by atoms with E-state index in [1.807, 2.05) is 25.7 Å². The summed E-state index contributed by atoms with van der Waals surface area (Å²) in [4.78, 5) is 32.5. The molecule has 2 unspecified atom stereocenters. The predicted molar refractivity (Wildman–Crippen MR) is 127 cm³/mol. The van der Waals surface area contributed by atoms with E-state index in [2.05, 4.69) is 11.0 Å². The summed E-state index contributed by atoms with van der Waals surface area (Å²) < 4.78 is 11.7. The van der Waals surface area contributed by atoms with Crippen molar-refractivity contribution in [3.05, 3.63) is 29.8 Å². The summed E-state index contributed by atoms with van der Waals surface area (Å²) in [6.45, 7) is 8.92. The third-order valence-electron chi connectivity index (χ3n) is 6.93. The van der Waals surface area contributed by atoms with Crippen molar-refractivity contribution in [2.75, 3.05) is 32.7 Å². The molecular weight excluding hydrogens is 432 g/mol. The van der Waals surface area contributed by atoms with Gasteiger partial charge in [-0.05, 0) is 57.9 Å². The van der Waals surface area contributed by atoms with E-state index in [0.717, 1.165) is 13.1 Å². The van der Waals surface area contributed by atoms with Crippen LogP contribution in [-0.4, -0.2) is 83.2 Å².